The van der Waals surface area contributed by atoms with Gasteiger partial charge in [0, 0.05) is 28.4 Å². The van der Waals surface area contributed by atoms with E-state index in [1.54, 1.807) is 36.4 Å². The largest absolute Gasteiger partial charge is 0.351 e. The molecule has 0 unspecified atom stereocenters. The number of carbonyl (C=O) groups is 1. The number of thiocarbonyl (C=S) groups is 1. The molecule has 6 heteroatoms. The molecule has 1 heterocycles. The molecule has 0 spiro atoms. The van der Waals surface area contributed by atoms with Crippen LogP contribution in [0.1, 0.15) is 45.6 Å². The van der Waals surface area contributed by atoms with Crippen LogP contribution in [-0.2, 0) is 6.54 Å². The number of nitriles is 1. The molecule has 164 valence electrons. The van der Waals surface area contributed by atoms with Crippen LogP contribution in [0.3, 0.4) is 0 Å². The quantitative estimate of drug-likeness (QED) is 0.359. The Morgan fingerprint density at radius 3 is 2.27 bits per heavy atom. The fourth-order valence-corrected chi connectivity index (χ4v) is 4.34. The van der Waals surface area contributed by atoms with E-state index < -0.39 is 6.04 Å². The molecular weight excluding hydrogens is 450 g/mol. The first-order chi connectivity index (χ1) is 15.9. The smallest absolute Gasteiger partial charge is 0.193 e. The zero-order valence-corrected chi connectivity index (χ0v) is 19.9. The Morgan fingerprint density at radius 1 is 1.03 bits per heavy atom. The van der Waals surface area contributed by atoms with Gasteiger partial charge in [0.25, 0.3) is 0 Å². The second-order valence-electron chi connectivity index (χ2n) is 8.02. The molecule has 4 rings (SSSR count). The average Bonchev–Trinajstić information content (AvgIpc) is 2.83. The van der Waals surface area contributed by atoms with Crippen molar-refractivity contribution in [3.8, 4) is 6.07 Å². The highest BCUT2D eigenvalue weighted by Crippen LogP contribution is 2.34. The number of aryl methyl sites for hydroxylation is 1. The number of rotatable bonds is 5. The van der Waals surface area contributed by atoms with E-state index in [-0.39, 0.29) is 5.78 Å². The monoisotopic (exact) mass is 471 g/mol. The van der Waals surface area contributed by atoms with Crippen LogP contribution in [0.2, 0.25) is 5.02 Å². The third-order valence-corrected chi connectivity index (χ3v) is 6.37. The molecule has 33 heavy (non-hydrogen) atoms. The summed E-state index contributed by atoms with van der Waals surface area (Å²) in [7, 11) is 0. The lowest BCUT2D eigenvalue weighted by atomic mass is 9.88. The lowest BCUT2D eigenvalue weighted by Gasteiger charge is -2.38. The van der Waals surface area contributed by atoms with Gasteiger partial charge in [0.05, 0.1) is 17.7 Å². The molecule has 0 bridgehead atoms. The Kier molecular flexibility index (Phi) is 6.60. The van der Waals surface area contributed by atoms with Crippen molar-refractivity contribution in [1.29, 1.82) is 5.26 Å². The first-order valence-corrected chi connectivity index (χ1v) is 11.3. The zero-order valence-electron chi connectivity index (χ0n) is 18.3. The average molecular weight is 472 g/mol. The minimum absolute atomic E-state index is 0.0950. The molecule has 4 nitrogen and oxygen atoms in total. The van der Waals surface area contributed by atoms with Crippen LogP contribution in [0, 0.1) is 18.3 Å². The summed E-state index contributed by atoms with van der Waals surface area (Å²) in [6, 6.07) is 24.1. The van der Waals surface area contributed by atoms with Gasteiger partial charge in [-0.3, -0.25) is 4.79 Å². The maximum atomic E-state index is 13.7. The lowest BCUT2D eigenvalue weighted by Crippen LogP contribution is -2.47. The molecule has 0 aromatic heterocycles. The summed E-state index contributed by atoms with van der Waals surface area (Å²) in [5.41, 5.74) is 5.67. The fourth-order valence-electron chi connectivity index (χ4n) is 3.90. The maximum Gasteiger partial charge on any atom is 0.193 e. The van der Waals surface area contributed by atoms with E-state index in [2.05, 4.69) is 35.7 Å². The number of carbonyl (C=O) groups excluding carboxylic acids is 1. The predicted molar refractivity (Wildman–Crippen MR) is 135 cm³/mol. The predicted octanol–water partition coefficient (Wildman–Crippen LogP) is 6.11. The number of allylic oxidation sites excluding steroid dienone is 1. The summed E-state index contributed by atoms with van der Waals surface area (Å²) < 4.78 is 0. The van der Waals surface area contributed by atoms with Crippen LogP contribution in [-0.4, -0.2) is 15.8 Å². The van der Waals surface area contributed by atoms with Crippen molar-refractivity contribution in [2.45, 2.75) is 26.4 Å². The van der Waals surface area contributed by atoms with E-state index in [1.807, 2.05) is 30.9 Å². The molecule has 0 saturated heterocycles. The van der Waals surface area contributed by atoms with E-state index in [9.17, 15) is 4.79 Å². The molecule has 0 radical (unpaired) electrons. The number of nitrogens with one attached hydrogen (secondary N) is 1. The highest BCUT2D eigenvalue weighted by Gasteiger charge is 2.34. The summed E-state index contributed by atoms with van der Waals surface area (Å²) in [6.07, 6.45) is 0. The first-order valence-electron chi connectivity index (χ1n) is 10.5. The second-order valence-corrected chi connectivity index (χ2v) is 8.85. The molecule has 1 N–H and O–H groups in total. The highest BCUT2D eigenvalue weighted by atomic mass is 35.5. The van der Waals surface area contributed by atoms with Crippen molar-refractivity contribution in [1.82, 2.24) is 10.2 Å². The molecule has 0 fully saturated rings. The van der Waals surface area contributed by atoms with Gasteiger partial charge >= 0.3 is 0 Å². The molecule has 3 aromatic carbocycles. The van der Waals surface area contributed by atoms with Crippen LogP contribution >= 0.6 is 23.8 Å². The maximum absolute atomic E-state index is 13.7. The Bertz CT molecular complexity index is 1270. The molecule has 0 amide bonds. The Hall–Kier alpha value is -3.46. The number of nitrogens with zero attached hydrogens (tertiary/aromatic N) is 2. The SMILES string of the molecule is CC1=C(C(=O)c2ccc(Cl)cc2)[C@H](c2ccc(C#N)cc2)NC(=S)N1Cc1ccc(C)cc1. The van der Waals surface area contributed by atoms with Crippen LogP contribution in [0.4, 0.5) is 0 Å². The minimum atomic E-state index is -0.428. The van der Waals surface area contributed by atoms with Gasteiger partial charge in [-0.05, 0) is 73.6 Å². The summed E-state index contributed by atoms with van der Waals surface area (Å²) >= 11 is 11.8. The molecule has 0 saturated carbocycles. The third kappa shape index (κ3) is 4.83. The summed E-state index contributed by atoms with van der Waals surface area (Å²) in [5.74, 6) is -0.0950. The van der Waals surface area contributed by atoms with E-state index in [1.165, 1.54) is 5.56 Å². The van der Waals surface area contributed by atoms with Crippen LogP contribution in [0.5, 0.6) is 0 Å². The van der Waals surface area contributed by atoms with Crippen molar-refractivity contribution in [2.24, 2.45) is 0 Å². The van der Waals surface area contributed by atoms with Gasteiger partial charge in [0.15, 0.2) is 10.9 Å². The number of hydrogen-bond donors (Lipinski definition) is 1. The van der Waals surface area contributed by atoms with Gasteiger partial charge in [-0.15, -0.1) is 0 Å². The van der Waals surface area contributed by atoms with Crippen LogP contribution in [0.15, 0.2) is 84.1 Å². The van der Waals surface area contributed by atoms with E-state index in [0.717, 1.165) is 16.8 Å². The Balaban J connectivity index is 1.79. The van der Waals surface area contributed by atoms with Crippen LogP contribution < -0.4 is 5.32 Å². The Labute approximate surface area is 204 Å². The standard InChI is InChI=1S/C27H22ClN3OS/c1-17-3-5-20(6-4-17)16-31-18(2)24(26(32)22-11-13-23(28)14-12-22)25(30-27(31)33)21-9-7-19(15-29)8-10-21/h3-14,25H,16H2,1-2H3,(H,30,33)/t25-/m0/s1. The van der Waals surface area contributed by atoms with Crippen molar-refractivity contribution in [2.75, 3.05) is 0 Å². The molecule has 1 atom stereocenters. The lowest BCUT2D eigenvalue weighted by molar-refractivity contribution is 0.102. The van der Waals surface area contributed by atoms with Crippen molar-refractivity contribution >= 4 is 34.7 Å². The number of ketones is 1. The summed E-state index contributed by atoms with van der Waals surface area (Å²) in [5, 5.41) is 13.6. The minimum Gasteiger partial charge on any atom is -0.351 e. The van der Waals surface area contributed by atoms with Crippen LogP contribution in [0.25, 0.3) is 0 Å². The third-order valence-electron chi connectivity index (χ3n) is 5.78. The second kappa shape index (κ2) is 9.58. The van der Waals surface area contributed by atoms with Crippen molar-refractivity contribution < 1.29 is 4.79 Å². The molecule has 0 aliphatic carbocycles. The normalized spacial score (nSPS) is 15.8. The molecular formula is C27H22ClN3OS. The van der Waals surface area contributed by atoms with Gasteiger partial charge < -0.3 is 10.2 Å². The fraction of sp³-hybridized carbons (Fsp3) is 0.148. The van der Waals surface area contributed by atoms with E-state index in [4.69, 9.17) is 29.1 Å². The number of benzene rings is 3. The van der Waals surface area contributed by atoms with E-state index in [0.29, 0.717) is 33.4 Å². The van der Waals surface area contributed by atoms with Gasteiger partial charge in [-0.1, -0.05) is 53.6 Å². The first kappa shape index (κ1) is 22.7. The van der Waals surface area contributed by atoms with Gasteiger partial charge in [0.1, 0.15) is 0 Å². The number of hydrogen-bond acceptors (Lipinski definition) is 3. The number of Topliss-reactive ketones (excluding diaryl/α,β-unsaturated/α-hetero) is 1. The highest BCUT2D eigenvalue weighted by molar-refractivity contribution is 7.80. The van der Waals surface area contributed by atoms with Crippen molar-refractivity contribution in [3.63, 3.8) is 0 Å². The Morgan fingerprint density at radius 2 is 1.67 bits per heavy atom. The van der Waals surface area contributed by atoms with Gasteiger partial charge in [0.2, 0.25) is 0 Å². The van der Waals surface area contributed by atoms with Crippen molar-refractivity contribution in [3.05, 3.63) is 117 Å². The summed E-state index contributed by atoms with van der Waals surface area (Å²) in [6.45, 7) is 4.53. The summed E-state index contributed by atoms with van der Waals surface area (Å²) in [4.78, 5) is 15.7. The number of halogens is 1. The molecule has 3 aromatic rings. The topological polar surface area (TPSA) is 56.1 Å². The van der Waals surface area contributed by atoms with Gasteiger partial charge in [-0.25, -0.2) is 0 Å². The van der Waals surface area contributed by atoms with E-state index >= 15 is 0 Å². The van der Waals surface area contributed by atoms with Gasteiger partial charge in [-0.2, -0.15) is 5.26 Å². The molecule has 1 aliphatic heterocycles. The molecule has 1 aliphatic rings. The zero-order chi connectivity index (χ0) is 23.5.